The number of hydrogen-bond donors (Lipinski definition) is 2. The summed E-state index contributed by atoms with van der Waals surface area (Å²) in [7, 11) is 0. The van der Waals surface area contributed by atoms with Gasteiger partial charge in [0.15, 0.2) is 0 Å². The van der Waals surface area contributed by atoms with E-state index in [1.807, 2.05) is 0 Å². The Bertz CT molecular complexity index is 105. The van der Waals surface area contributed by atoms with Gasteiger partial charge in [-0.3, -0.25) is 0 Å². The van der Waals surface area contributed by atoms with Crippen LogP contribution in [0.3, 0.4) is 0 Å². The number of carbonyl (C=O) groups is 2. The van der Waals surface area contributed by atoms with Crippen molar-refractivity contribution in [1.82, 2.24) is 0 Å². The molecule has 0 spiro atoms. The van der Waals surface area contributed by atoms with E-state index in [2.05, 4.69) is 9.47 Å². The Morgan fingerprint density at radius 3 is 1.60 bits per heavy atom. The lowest BCUT2D eigenvalue weighted by Gasteiger charge is -1.96. The first-order chi connectivity index (χ1) is 4.13. The van der Waals surface area contributed by atoms with E-state index in [9.17, 15) is 9.59 Å². The van der Waals surface area contributed by atoms with Crippen molar-refractivity contribution in [1.29, 1.82) is 0 Å². The molecule has 0 bridgehead atoms. The first-order valence-corrected chi connectivity index (χ1v) is 1.84. The standard InChI is InChI=1S/C3H4O6.CH4/c4-2(5)8-1-9-3(6)7;/h1H2,(H,4,5)(H,6,7);1H4. The van der Waals surface area contributed by atoms with E-state index in [0.717, 1.165) is 0 Å². The topological polar surface area (TPSA) is 93.1 Å². The minimum atomic E-state index is -1.57. The van der Waals surface area contributed by atoms with Crippen molar-refractivity contribution < 1.29 is 29.3 Å². The molecule has 0 fully saturated rings. The Labute approximate surface area is 57.0 Å². The molecule has 0 amide bonds. The van der Waals surface area contributed by atoms with Crippen LogP contribution in [0.5, 0.6) is 0 Å². The van der Waals surface area contributed by atoms with Crippen LogP contribution in [0.2, 0.25) is 0 Å². The lowest BCUT2D eigenvalue weighted by atomic mass is 11.2. The lowest BCUT2D eigenvalue weighted by Crippen LogP contribution is -2.08. The summed E-state index contributed by atoms with van der Waals surface area (Å²) >= 11 is 0. The molecule has 0 rings (SSSR count). The molecule has 6 heteroatoms. The van der Waals surface area contributed by atoms with Crippen LogP contribution < -0.4 is 0 Å². The molecular weight excluding hydrogens is 144 g/mol. The summed E-state index contributed by atoms with van der Waals surface area (Å²) in [6.45, 7) is -0.787. The molecule has 0 aliphatic rings. The molecule has 6 nitrogen and oxygen atoms in total. The largest absolute Gasteiger partial charge is 0.508 e. The van der Waals surface area contributed by atoms with Crippen LogP contribution in [-0.4, -0.2) is 29.3 Å². The van der Waals surface area contributed by atoms with Crippen LogP contribution >= 0.6 is 0 Å². The van der Waals surface area contributed by atoms with Crippen molar-refractivity contribution >= 4 is 12.3 Å². The second kappa shape index (κ2) is 5.67. The Morgan fingerprint density at radius 2 is 1.40 bits per heavy atom. The first kappa shape index (κ1) is 11.4. The van der Waals surface area contributed by atoms with Gasteiger partial charge in [-0.25, -0.2) is 9.59 Å². The molecule has 2 N–H and O–H groups in total. The third kappa shape index (κ3) is 9.74. The van der Waals surface area contributed by atoms with Gasteiger partial charge in [0.1, 0.15) is 0 Å². The minimum absolute atomic E-state index is 0. The summed E-state index contributed by atoms with van der Waals surface area (Å²) in [4.78, 5) is 19.0. The molecule has 0 aromatic rings. The number of rotatable bonds is 2. The Balaban J connectivity index is 0. The molecular formula is C4H8O6. The van der Waals surface area contributed by atoms with E-state index in [-0.39, 0.29) is 7.43 Å². The molecule has 10 heavy (non-hydrogen) atoms. The molecule has 0 saturated carbocycles. The molecule has 0 atom stereocenters. The predicted octanol–water partition coefficient (Wildman–Crippen LogP) is 0.969. The summed E-state index contributed by atoms with van der Waals surface area (Å²) in [6, 6.07) is 0. The molecule has 0 saturated heterocycles. The minimum Gasteiger partial charge on any atom is -0.450 e. The van der Waals surface area contributed by atoms with E-state index in [1.54, 1.807) is 0 Å². The van der Waals surface area contributed by atoms with Gasteiger partial charge in [0.05, 0.1) is 0 Å². The molecule has 60 valence electrons. The van der Waals surface area contributed by atoms with Crippen molar-refractivity contribution in [3.8, 4) is 0 Å². The van der Waals surface area contributed by atoms with E-state index < -0.39 is 19.1 Å². The van der Waals surface area contributed by atoms with E-state index >= 15 is 0 Å². The zero-order valence-corrected chi connectivity index (χ0v) is 4.23. The van der Waals surface area contributed by atoms with Crippen molar-refractivity contribution in [2.45, 2.75) is 7.43 Å². The van der Waals surface area contributed by atoms with Crippen molar-refractivity contribution in [2.24, 2.45) is 0 Å². The first-order valence-electron chi connectivity index (χ1n) is 1.84. The number of hydrogen-bond acceptors (Lipinski definition) is 4. The van der Waals surface area contributed by atoms with Gasteiger partial charge in [0.25, 0.3) is 0 Å². The smallest absolute Gasteiger partial charge is 0.450 e. The Kier molecular flexibility index (Phi) is 6.44. The van der Waals surface area contributed by atoms with Crippen molar-refractivity contribution in [3.63, 3.8) is 0 Å². The van der Waals surface area contributed by atoms with E-state index in [0.29, 0.717) is 0 Å². The Hall–Kier alpha value is -1.46. The summed E-state index contributed by atoms with van der Waals surface area (Å²) in [5, 5.41) is 15.5. The molecule has 0 aliphatic carbocycles. The molecule has 0 radical (unpaired) electrons. The van der Waals surface area contributed by atoms with Crippen LogP contribution in [0.15, 0.2) is 0 Å². The monoisotopic (exact) mass is 152 g/mol. The fraction of sp³-hybridized carbons (Fsp3) is 0.500. The zero-order valence-electron chi connectivity index (χ0n) is 4.23. The second-order valence-corrected chi connectivity index (χ2v) is 0.938. The summed E-state index contributed by atoms with van der Waals surface area (Å²) in [5.41, 5.74) is 0. The lowest BCUT2D eigenvalue weighted by molar-refractivity contribution is -0.0167. The van der Waals surface area contributed by atoms with Gasteiger partial charge >= 0.3 is 12.3 Å². The normalized spacial score (nSPS) is 7.20. The maximum atomic E-state index is 9.49. The van der Waals surface area contributed by atoms with Crippen LogP contribution in [0.1, 0.15) is 7.43 Å². The van der Waals surface area contributed by atoms with Crippen molar-refractivity contribution in [2.75, 3.05) is 6.79 Å². The number of carboxylic acid groups (broad SMARTS) is 2. The molecule has 0 aromatic carbocycles. The number of ether oxygens (including phenoxy) is 2. The fourth-order valence-corrected chi connectivity index (χ4v) is 0.130. The highest BCUT2D eigenvalue weighted by Crippen LogP contribution is 1.79. The average Bonchev–Trinajstić information content (AvgIpc) is 1.63. The SMILES string of the molecule is C.O=C(O)OCOC(=O)O. The maximum Gasteiger partial charge on any atom is 0.508 e. The average molecular weight is 152 g/mol. The summed E-state index contributed by atoms with van der Waals surface area (Å²) in [5.74, 6) is 0. The second-order valence-electron chi connectivity index (χ2n) is 0.938. The maximum absolute atomic E-state index is 9.49. The van der Waals surface area contributed by atoms with Gasteiger partial charge in [-0.1, -0.05) is 7.43 Å². The highest BCUT2D eigenvalue weighted by Gasteiger charge is 1.98. The van der Waals surface area contributed by atoms with Gasteiger partial charge < -0.3 is 19.7 Å². The van der Waals surface area contributed by atoms with E-state index in [1.165, 1.54) is 0 Å². The van der Waals surface area contributed by atoms with Crippen LogP contribution in [0.4, 0.5) is 9.59 Å². The highest BCUT2D eigenvalue weighted by atomic mass is 16.8. The van der Waals surface area contributed by atoms with Gasteiger partial charge in [-0.2, -0.15) is 0 Å². The molecule has 0 aliphatic heterocycles. The van der Waals surface area contributed by atoms with Crippen LogP contribution in [0.25, 0.3) is 0 Å². The third-order valence-electron chi connectivity index (χ3n) is 0.365. The van der Waals surface area contributed by atoms with Crippen LogP contribution in [-0.2, 0) is 9.47 Å². The van der Waals surface area contributed by atoms with Gasteiger partial charge in [0.2, 0.25) is 6.79 Å². The quantitative estimate of drug-likeness (QED) is 0.452. The predicted molar refractivity (Wildman–Crippen MR) is 29.8 cm³/mol. The van der Waals surface area contributed by atoms with E-state index in [4.69, 9.17) is 10.2 Å². The molecule has 0 aromatic heterocycles. The van der Waals surface area contributed by atoms with Crippen LogP contribution in [0, 0.1) is 0 Å². The zero-order chi connectivity index (χ0) is 7.28. The third-order valence-corrected chi connectivity index (χ3v) is 0.365. The van der Waals surface area contributed by atoms with Gasteiger partial charge in [0, 0.05) is 0 Å². The fourth-order valence-electron chi connectivity index (χ4n) is 0.130. The molecule has 0 heterocycles. The van der Waals surface area contributed by atoms with Crippen molar-refractivity contribution in [3.05, 3.63) is 0 Å². The van der Waals surface area contributed by atoms with Gasteiger partial charge in [-0.05, 0) is 0 Å². The Morgan fingerprint density at radius 1 is 1.10 bits per heavy atom. The van der Waals surface area contributed by atoms with Gasteiger partial charge in [-0.15, -0.1) is 0 Å². The summed E-state index contributed by atoms with van der Waals surface area (Å²) < 4.78 is 7.33. The molecule has 0 unspecified atom stereocenters. The summed E-state index contributed by atoms with van der Waals surface area (Å²) in [6.07, 6.45) is -3.15. The highest BCUT2D eigenvalue weighted by molar-refractivity contribution is 5.58.